The summed E-state index contributed by atoms with van der Waals surface area (Å²) in [5, 5.41) is 4.66. The quantitative estimate of drug-likeness (QED) is 0.942. The van der Waals surface area contributed by atoms with Crippen LogP contribution in [0.4, 0.5) is 5.82 Å². The fraction of sp³-hybridized carbons (Fsp3) is 0.438. The van der Waals surface area contributed by atoms with E-state index in [1.54, 1.807) is 11.8 Å². The minimum absolute atomic E-state index is 0.416. The summed E-state index contributed by atoms with van der Waals surface area (Å²) in [5.41, 5.74) is 9.47. The van der Waals surface area contributed by atoms with Crippen LogP contribution in [0.2, 0.25) is 0 Å². The summed E-state index contributed by atoms with van der Waals surface area (Å²) in [7, 11) is 3.56. The Bertz CT molecular complexity index is 613. The van der Waals surface area contributed by atoms with Crippen LogP contribution in [-0.4, -0.2) is 30.1 Å². The molecule has 21 heavy (non-hydrogen) atoms. The molecule has 112 valence electrons. The summed E-state index contributed by atoms with van der Waals surface area (Å²) in [5.74, 6) is 1.97. The van der Waals surface area contributed by atoms with Crippen molar-refractivity contribution in [2.75, 3.05) is 26.1 Å². The van der Waals surface area contributed by atoms with Gasteiger partial charge in [-0.15, -0.1) is 0 Å². The number of hydrogen-bond acceptors (Lipinski definition) is 4. The van der Waals surface area contributed by atoms with Crippen LogP contribution in [0, 0.1) is 0 Å². The highest BCUT2D eigenvalue weighted by Gasteiger charge is 2.25. The van der Waals surface area contributed by atoms with Crippen LogP contribution in [0.25, 0.3) is 11.1 Å². The van der Waals surface area contributed by atoms with Crippen molar-refractivity contribution < 1.29 is 9.47 Å². The number of nitrogens with two attached hydrogens (primary N) is 1. The van der Waals surface area contributed by atoms with E-state index in [-0.39, 0.29) is 0 Å². The molecule has 1 aromatic carbocycles. The number of methoxy groups -OCH3 is 1. The molecule has 0 atom stereocenters. The summed E-state index contributed by atoms with van der Waals surface area (Å²) in [6, 6.07) is 7.98. The first-order valence-corrected chi connectivity index (χ1v) is 7.25. The van der Waals surface area contributed by atoms with Gasteiger partial charge in [0.25, 0.3) is 0 Å². The van der Waals surface area contributed by atoms with E-state index in [4.69, 9.17) is 15.2 Å². The molecule has 0 unspecified atom stereocenters. The van der Waals surface area contributed by atoms with Crippen LogP contribution >= 0.6 is 0 Å². The summed E-state index contributed by atoms with van der Waals surface area (Å²) in [4.78, 5) is 0. The highest BCUT2D eigenvalue weighted by molar-refractivity contribution is 5.77. The summed E-state index contributed by atoms with van der Waals surface area (Å²) < 4.78 is 12.4. The number of hydrogen-bond donors (Lipinski definition) is 1. The van der Waals surface area contributed by atoms with E-state index < -0.39 is 0 Å². The maximum Gasteiger partial charge on any atom is 0.129 e. The van der Waals surface area contributed by atoms with Gasteiger partial charge in [0.2, 0.25) is 0 Å². The molecule has 1 aromatic heterocycles. The van der Waals surface area contributed by atoms with Gasteiger partial charge in [-0.05, 0) is 30.5 Å². The first-order valence-electron chi connectivity index (χ1n) is 7.25. The Morgan fingerprint density at radius 3 is 2.52 bits per heavy atom. The molecular weight excluding hydrogens is 266 g/mol. The molecule has 0 aliphatic carbocycles. The van der Waals surface area contributed by atoms with Crippen LogP contribution in [0.15, 0.2) is 24.3 Å². The third kappa shape index (κ3) is 2.61. The first kappa shape index (κ1) is 13.9. The zero-order valence-corrected chi connectivity index (χ0v) is 12.5. The van der Waals surface area contributed by atoms with E-state index >= 15 is 0 Å². The molecule has 0 spiro atoms. The van der Waals surface area contributed by atoms with E-state index in [2.05, 4.69) is 5.10 Å². The van der Waals surface area contributed by atoms with E-state index in [0.29, 0.717) is 11.7 Å². The van der Waals surface area contributed by atoms with E-state index in [9.17, 15) is 0 Å². The highest BCUT2D eigenvalue weighted by Crippen LogP contribution is 2.38. The van der Waals surface area contributed by atoms with Gasteiger partial charge in [0, 0.05) is 31.7 Å². The second kappa shape index (κ2) is 5.77. The second-order valence-electron chi connectivity index (χ2n) is 5.38. The number of nitrogens with zero attached hydrogens (tertiary/aromatic N) is 2. The molecule has 5 nitrogen and oxygen atoms in total. The normalized spacial score (nSPS) is 16.1. The molecule has 5 heteroatoms. The average molecular weight is 287 g/mol. The van der Waals surface area contributed by atoms with Crippen molar-refractivity contribution in [3.63, 3.8) is 0 Å². The maximum atomic E-state index is 6.25. The Balaban J connectivity index is 2.03. The lowest BCUT2D eigenvalue weighted by molar-refractivity contribution is 0.0845. The molecule has 2 heterocycles. The molecule has 1 saturated heterocycles. The topological polar surface area (TPSA) is 62.3 Å². The minimum Gasteiger partial charge on any atom is -0.497 e. The Morgan fingerprint density at radius 1 is 1.24 bits per heavy atom. The van der Waals surface area contributed by atoms with Gasteiger partial charge < -0.3 is 15.2 Å². The Labute approximate surface area is 124 Å². The molecule has 0 bridgehead atoms. The number of rotatable bonds is 3. The van der Waals surface area contributed by atoms with Gasteiger partial charge in [-0.2, -0.15) is 5.10 Å². The number of benzene rings is 1. The minimum atomic E-state index is 0.416. The number of nitrogen functional groups attached to an aromatic ring is 1. The number of ether oxygens (including phenoxy) is 2. The molecule has 1 fully saturated rings. The Morgan fingerprint density at radius 2 is 1.90 bits per heavy atom. The molecule has 1 aliphatic heterocycles. The summed E-state index contributed by atoms with van der Waals surface area (Å²) >= 11 is 0. The van der Waals surface area contributed by atoms with Crippen molar-refractivity contribution in [1.29, 1.82) is 0 Å². The number of aromatic nitrogens is 2. The van der Waals surface area contributed by atoms with Crippen molar-refractivity contribution >= 4 is 5.82 Å². The molecule has 0 amide bonds. The monoisotopic (exact) mass is 287 g/mol. The van der Waals surface area contributed by atoms with Crippen molar-refractivity contribution in [2.24, 2.45) is 7.05 Å². The van der Waals surface area contributed by atoms with Gasteiger partial charge in [0.15, 0.2) is 0 Å². The van der Waals surface area contributed by atoms with Gasteiger partial charge in [0.05, 0.1) is 12.8 Å². The number of anilines is 1. The molecule has 0 saturated carbocycles. The molecule has 2 N–H and O–H groups in total. The predicted molar refractivity (Wildman–Crippen MR) is 82.4 cm³/mol. The van der Waals surface area contributed by atoms with Crippen LogP contribution in [0.3, 0.4) is 0 Å². The summed E-state index contributed by atoms with van der Waals surface area (Å²) in [6.45, 7) is 1.59. The van der Waals surface area contributed by atoms with Gasteiger partial charge >= 0.3 is 0 Å². The lowest BCUT2D eigenvalue weighted by atomic mass is 9.91. The maximum absolute atomic E-state index is 6.25. The first-order chi connectivity index (χ1) is 10.2. The molecule has 1 aliphatic rings. The van der Waals surface area contributed by atoms with E-state index in [0.717, 1.165) is 48.6 Å². The van der Waals surface area contributed by atoms with Gasteiger partial charge in [-0.3, -0.25) is 4.68 Å². The van der Waals surface area contributed by atoms with E-state index in [1.165, 1.54) is 0 Å². The largest absolute Gasteiger partial charge is 0.497 e. The van der Waals surface area contributed by atoms with Crippen LogP contribution < -0.4 is 10.5 Å². The van der Waals surface area contributed by atoms with Crippen molar-refractivity contribution in [2.45, 2.75) is 18.8 Å². The standard InChI is InChI=1S/C16H21N3O2/c1-19-16(17)14(11-3-5-13(20-2)6-4-11)15(18-19)12-7-9-21-10-8-12/h3-6,12H,7-10,17H2,1-2H3. The molecular formula is C16H21N3O2. The van der Waals surface area contributed by atoms with Crippen LogP contribution in [0.1, 0.15) is 24.5 Å². The van der Waals surface area contributed by atoms with Gasteiger partial charge in [-0.1, -0.05) is 12.1 Å². The fourth-order valence-corrected chi connectivity index (χ4v) is 2.87. The van der Waals surface area contributed by atoms with Crippen LogP contribution in [-0.2, 0) is 11.8 Å². The summed E-state index contributed by atoms with van der Waals surface area (Å²) in [6.07, 6.45) is 2.00. The van der Waals surface area contributed by atoms with Crippen molar-refractivity contribution in [3.8, 4) is 16.9 Å². The smallest absolute Gasteiger partial charge is 0.129 e. The zero-order valence-electron chi connectivity index (χ0n) is 12.5. The van der Waals surface area contributed by atoms with Gasteiger partial charge in [-0.25, -0.2) is 0 Å². The zero-order chi connectivity index (χ0) is 14.8. The molecule has 0 radical (unpaired) electrons. The highest BCUT2D eigenvalue weighted by atomic mass is 16.5. The Kier molecular flexibility index (Phi) is 3.84. The average Bonchev–Trinajstić information content (AvgIpc) is 2.84. The Hall–Kier alpha value is -2.01. The fourth-order valence-electron chi connectivity index (χ4n) is 2.87. The molecule has 2 aromatic rings. The third-order valence-electron chi connectivity index (χ3n) is 4.11. The van der Waals surface area contributed by atoms with E-state index in [1.807, 2.05) is 31.3 Å². The lowest BCUT2D eigenvalue weighted by Crippen LogP contribution is -2.15. The molecule has 3 rings (SSSR count). The third-order valence-corrected chi connectivity index (χ3v) is 4.11. The van der Waals surface area contributed by atoms with Crippen molar-refractivity contribution in [3.05, 3.63) is 30.0 Å². The predicted octanol–water partition coefficient (Wildman–Crippen LogP) is 2.57. The lowest BCUT2D eigenvalue weighted by Gasteiger charge is -2.21. The van der Waals surface area contributed by atoms with Crippen LogP contribution in [0.5, 0.6) is 5.75 Å². The second-order valence-corrected chi connectivity index (χ2v) is 5.38. The van der Waals surface area contributed by atoms with Crippen molar-refractivity contribution in [1.82, 2.24) is 9.78 Å². The number of aryl methyl sites for hydroxylation is 1. The SMILES string of the molecule is COc1ccc(-c2c(C3CCOCC3)nn(C)c2N)cc1. The van der Waals surface area contributed by atoms with Gasteiger partial charge in [0.1, 0.15) is 11.6 Å².